The molecule has 3 aromatic rings. The summed E-state index contributed by atoms with van der Waals surface area (Å²) < 4.78 is 2.32. The normalized spacial score (nSPS) is 10.5. The zero-order chi connectivity index (χ0) is 20.1. The van der Waals surface area contributed by atoms with Gasteiger partial charge in [-0.05, 0) is 47.8 Å². The third-order valence-electron chi connectivity index (χ3n) is 3.85. The molecule has 0 bridgehead atoms. The van der Waals surface area contributed by atoms with Crippen LogP contribution in [0.4, 0.5) is 5.69 Å². The number of aliphatic carboxylic acids is 1. The number of hydrogen-bond donors (Lipinski definition) is 3. The third kappa shape index (κ3) is 4.87. The van der Waals surface area contributed by atoms with E-state index in [9.17, 15) is 14.4 Å². The number of nitrogens with one attached hydrogen (secondary N) is 2. The van der Waals surface area contributed by atoms with Crippen molar-refractivity contribution in [1.82, 2.24) is 4.68 Å². The lowest BCUT2D eigenvalue weighted by atomic mass is 10.2. The van der Waals surface area contributed by atoms with Crippen LogP contribution in [0.15, 0.2) is 58.4 Å². The van der Waals surface area contributed by atoms with Gasteiger partial charge in [-0.2, -0.15) is 0 Å². The molecule has 0 fully saturated rings. The van der Waals surface area contributed by atoms with Crippen molar-refractivity contribution >= 4 is 50.7 Å². The number of carbonyl (C=O) groups excluding carboxylic acids is 2. The van der Waals surface area contributed by atoms with Crippen LogP contribution in [0.5, 0.6) is 0 Å². The van der Waals surface area contributed by atoms with E-state index in [1.165, 1.54) is 16.0 Å². The van der Waals surface area contributed by atoms with Gasteiger partial charge in [-0.15, -0.1) is 11.3 Å². The molecule has 144 valence electrons. The summed E-state index contributed by atoms with van der Waals surface area (Å²) >= 11 is 4.78. The molecule has 0 aliphatic rings. The lowest BCUT2D eigenvalue weighted by Crippen LogP contribution is -2.35. The number of aromatic nitrogens is 1. The van der Waals surface area contributed by atoms with Crippen molar-refractivity contribution in [3.63, 3.8) is 0 Å². The summed E-state index contributed by atoms with van der Waals surface area (Å²) in [5, 5.41) is 13.4. The fraction of sp³-hybridized carbons (Fsp3) is 0.105. The minimum Gasteiger partial charge on any atom is -0.481 e. The molecule has 1 aromatic carbocycles. The molecule has 0 atom stereocenters. The molecule has 0 radical (unpaired) electrons. The summed E-state index contributed by atoms with van der Waals surface area (Å²) in [5.74, 6) is -2.62. The number of rotatable bonds is 6. The Morgan fingerprint density at radius 1 is 1.04 bits per heavy atom. The fourth-order valence-electron chi connectivity index (χ4n) is 2.53. The fourth-order valence-corrected chi connectivity index (χ4v) is 3.54. The molecular formula is C19H16BrN3O4S. The van der Waals surface area contributed by atoms with Gasteiger partial charge in [0.05, 0.1) is 17.0 Å². The zero-order valence-corrected chi connectivity index (χ0v) is 16.9. The molecule has 9 heteroatoms. The minimum absolute atomic E-state index is 0.0884. The molecule has 2 aromatic heterocycles. The van der Waals surface area contributed by atoms with E-state index < -0.39 is 17.8 Å². The van der Waals surface area contributed by atoms with Crippen LogP contribution in [-0.4, -0.2) is 27.6 Å². The maximum atomic E-state index is 12.4. The van der Waals surface area contributed by atoms with Crippen molar-refractivity contribution in [3.8, 4) is 10.6 Å². The molecule has 2 amide bonds. The Kier molecular flexibility index (Phi) is 6.27. The highest BCUT2D eigenvalue weighted by molar-refractivity contribution is 9.10. The first-order chi connectivity index (χ1) is 13.4. The Balaban J connectivity index is 1.79. The van der Waals surface area contributed by atoms with E-state index in [4.69, 9.17) is 5.11 Å². The number of thiophene rings is 1. The van der Waals surface area contributed by atoms with Gasteiger partial charge in [0.2, 0.25) is 0 Å². The van der Waals surface area contributed by atoms with Crippen LogP contribution in [0.25, 0.3) is 10.6 Å². The van der Waals surface area contributed by atoms with E-state index in [2.05, 4.69) is 26.7 Å². The van der Waals surface area contributed by atoms with E-state index in [0.29, 0.717) is 17.1 Å². The van der Waals surface area contributed by atoms with Gasteiger partial charge in [-0.3, -0.25) is 24.5 Å². The summed E-state index contributed by atoms with van der Waals surface area (Å²) in [4.78, 5) is 36.5. The standard InChI is InChI=1S/C19H16BrN3O4S/c20-12-3-5-13(6-4-12)21-18(26)19(27)22-23-14(8-10-17(24)25)7-9-15(23)16-2-1-11-28-16/h1-7,9,11H,8,10H2,(H,21,26)(H,22,27)(H,24,25). The molecule has 28 heavy (non-hydrogen) atoms. The van der Waals surface area contributed by atoms with Crippen molar-refractivity contribution in [2.45, 2.75) is 12.8 Å². The molecule has 0 saturated heterocycles. The average molecular weight is 462 g/mol. The highest BCUT2D eigenvalue weighted by Crippen LogP contribution is 2.26. The van der Waals surface area contributed by atoms with Crippen LogP contribution in [0.3, 0.4) is 0 Å². The number of carbonyl (C=O) groups is 3. The van der Waals surface area contributed by atoms with E-state index in [-0.39, 0.29) is 12.8 Å². The number of anilines is 1. The van der Waals surface area contributed by atoms with Gasteiger partial charge in [0.15, 0.2) is 0 Å². The maximum absolute atomic E-state index is 12.4. The van der Waals surface area contributed by atoms with E-state index in [1.807, 2.05) is 17.5 Å². The van der Waals surface area contributed by atoms with Crippen molar-refractivity contribution in [1.29, 1.82) is 0 Å². The second kappa shape index (κ2) is 8.85. The monoisotopic (exact) mass is 461 g/mol. The number of amides is 2. The molecule has 0 spiro atoms. The Hall–Kier alpha value is -2.91. The molecule has 3 rings (SSSR count). The number of carboxylic acid groups (broad SMARTS) is 1. The third-order valence-corrected chi connectivity index (χ3v) is 5.27. The van der Waals surface area contributed by atoms with Gasteiger partial charge < -0.3 is 10.4 Å². The van der Waals surface area contributed by atoms with Crippen LogP contribution >= 0.6 is 27.3 Å². The number of halogens is 1. The molecule has 0 unspecified atom stereocenters. The van der Waals surface area contributed by atoms with Crippen LogP contribution < -0.4 is 10.7 Å². The summed E-state index contributed by atoms with van der Waals surface area (Å²) in [6.45, 7) is 0. The van der Waals surface area contributed by atoms with Gasteiger partial charge in [0.1, 0.15) is 0 Å². The van der Waals surface area contributed by atoms with Crippen molar-refractivity contribution < 1.29 is 19.5 Å². The molecular weight excluding hydrogens is 446 g/mol. The van der Waals surface area contributed by atoms with Gasteiger partial charge in [0.25, 0.3) is 0 Å². The lowest BCUT2D eigenvalue weighted by molar-refractivity contribution is -0.137. The topological polar surface area (TPSA) is 100 Å². The van der Waals surface area contributed by atoms with Crippen LogP contribution in [-0.2, 0) is 20.8 Å². The second-order valence-corrected chi connectivity index (χ2v) is 7.68. The molecule has 0 aliphatic heterocycles. The molecule has 7 nitrogen and oxygen atoms in total. The van der Waals surface area contributed by atoms with Gasteiger partial charge >= 0.3 is 17.8 Å². The van der Waals surface area contributed by atoms with E-state index in [1.54, 1.807) is 36.4 Å². The quantitative estimate of drug-likeness (QED) is 0.487. The Morgan fingerprint density at radius 3 is 2.43 bits per heavy atom. The first-order valence-electron chi connectivity index (χ1n) is 8.28. The first kappa shape index (κ1) is 19.8. The lowest BCUT2D eigenvalue weighted by Gasteiger charge is -2.14. The number of aryl methyl sites for hydroxylation is 1. The molecule has 0 aliphatic carbocycles. The van der Waals surface area contributed by atoms with Crippen molar-refractivity contribution in [2.24, 2.45) is 0 Å². The number of benzene rings is 1. The van der Waals surface area contributed by atoms with Crippen molar-refractivity contribution in [2.75, 3.05) is 10.7 Å². The van der Waals surface area contributed by atoms with E-state index in [0.717, 1.165) is 9.35 Å². The maximum Gasteiger partial charge on any atom is 0.328 e. The Bertz CT molecular complexity index is 997. The number of hydrogen-bond acceptors (Lipinski definition) is 4. The van der Waals surface area contributed by atoms with Crippen LogP contribution in [0.2, 0.25) is 0 Å². The Morgan fingerprint density at radius 2 is 1.79 bits per heavy atom. The number of carboxylic acids is 1. The first-order valence-corrected chi connectivity index (χ1v) is 9.95. The Labute approximate surface area is 173 Å². The zero-order valence-electron chi connectivity index (χ0n) is 14.5. The van der Waals surface area contributed by atoms with Gasteiger partial charge in [-0.1, -0.05) is 22.0 Å². The van der Waals surface area contributed by atoms with Crippen LogP contribution in [0, 0.1) is 0 Å². The summed E-state index contributed by atoms with van der Waals surface area (Å²) in [5.41, 5.74) is 4.33. The number of nitrogens with zero attached hydrogens (tertiary/aromatic N) is 1. The predicted molar refractivity (Wildman–Crippen MR) is 111 cm³/mol. The average Bonchev–Trinajstić information content (AvgIpc) is 3.31. The highest BCUT2D eigenvalue weighted by atomic mass is 79.9. The molecule has 3 N–H and O–H groups in total. The predicted octanol–water partition coefficient (Wildman–Crippen LogP) is 3.71. The SMILES string of the molecule is O=C(O)CCc1ccc(-c2cccs2)n1NC(=O)C(=O)Nc1ccc(Br)cc1. The second-order valence-electron chi connectivity index (χ2n) is 5.82. The molecule has 0 saturated carbocycles. The minimum atomic E-state index is -0.940. The smallest absolute Gasteiger partial charge is 0.328 e. The largest absolute Gasteiger partial charge is 0.481 e. The van der Waals surface area contributed by atoms with E-state index >= 15 is 0 Å². The van der Waals surface area contributed by atoms with Crippen LogP contribution in [0.1, 0.15) is 12.1 Å². The molecule has 2 heterocycles. The summed E-state index contributed by atoms with van der Waals surface area (Å²) in [6.07, 6.45) is 0.129. The highest BCUT2D eigenvalue weighted by Gasteiger charge is 2.19. The van der Waals surface area contributed by atoms with Gasteiger partial charge in [-0.25, -0.2) is 0 Å². The summed E-state index contributed by atoms with van der Waals surface area (Å²) in [7, 11) is 0. The van der Waals surface area contributed by atoms with Gasteiger partial charge in [0, 0.05) is 22.3 Å². The van der Waals surface area contributed by atoms with Crippen molar-refractivity contribution in [3.05, 3.63) is 64.1 Å². The summed E-state index contributed by atoms with van der Waals surface area (Å²) in [6, 6.07) is 14.1.